The van der Waals surface area contributed by atoms with Crippen LogP contribution < -0.4 is 10.5 Å². The molecule has 98 valence electrons. The summed E-state index contributed by atoms with van der Waals surface area (Å²) in [6.07, 6.45) is 1.34. The molecule has 0 unspecified atom stereocenters. The zero-order valence-corrected chi connectivity index (χ0v) is 10.8. The van der Waals surface area contributed by atoms with Crippen molar-refractivity contribution in [1.29, 1.82) is 0 Å². The van der Waals surface area contributed by atoms with E-state index in [1.54, 1.807) is 0 Å². The Morgan fingerprint density at radius 1 is 1.47 bits per heavy atom. The van der Waals surface area contributed by atoms with Crippen molar-refractivity contribution in [3.8, 4) is 11.6 Å². The predicted octanol–water partition coefficient (Wildman–Crippen LogP) is 2.66. The minimum Gasteiger partial charge on any atom is -0.430 e. The van der Waals surface area contributed by atoms with Crippen LogP contribution in [0.25, 0.3) is 0 Å². The van der Waals surface area contributed by atoms with Crippen molar-refractivity contribution in [3.05, 3.63) is 44.8 Å². The second-order valence-electron chi connectivity index (χ2n) is 3.35. The topological polar surface area (TPSA) is 104 Å². The molecule has 2 rings (SSSR count). The number of anilines is 1. The van der Waals surface area contributed by atoms with E-state index in [-0.39, 0.29) is 17.6 Å². The zero-order valence-electron chi connectivity index (χ0n) is 9.21. The Bertz CT molecular complexity index is 653. The molecule has 0 radical (unpaired) electrons. The molecule has 1 heterocycles. The second-order valence-corrected chi connectivity index (χ2v) is 4.21. The van der Waals surface area contributed by atoms with E-state index < -0.39 is 16.4 Å². The van der Waals surface area contributed by atoms with E-state index in [4.69, 9.17) is 10.5 Å². The van der Waals surface area contributed by atoms with Gasteiger partial charge in [0, 0.05) is 0 Å². The molecule has 0 saturated heterocycles. The first-order chi connectivity index (χ1) is 8.97. The van der Waals surface area contributed by atoms with E-state index in [1.807, 2.05) is 0 Å². The number of ether oxygens (including phenoxy) is 1. The van der Waals surface area contributed by atoms with Crippen molar-refractivity contribution in [2.45, 2.75) is 0 Å². The van der Waals surface area contributed by atoms with E-state index in [9.17, 15) is 14.5 Å². The van der Waals surface area contributed by atoms with Crippen molar-refractivity contribution < 1.29 is 14.1 Å². The van der Waals surface area contributed by atoms with Crippen LogP contribution in [0.5, 0.6) is 11.6 Å². The molecule has 9 heteroatoms. The highest BCUT2D eigenvalue weighted by Crippen LogP contribution is 2.34. The Morgan fingerprint density at radius 2 is 2.21 bits per heavy atom. The molecule has 7 nitrogen and oxygen atoms in total. The first-order valence-corrected chi connectivity index (χ1v) is 5.66. The number of halogens is 2. The molecule has 2 N–H and O–H groups in total. The Morgan fingerprint density at radius 3 is 2.89 bits per heavy atom. The Balaban J connectivity index is 2.43. The third-order valence-electron chi connectivity index (χ3n) is 2.05. The molecule has 0 spiro atoms. The number of nitrogens with zero attached hydrogens (tertiary/aromatic N) is 3. The number of nitrogen functional groups attached to an aromatic ring is 1. The first kappa shape index (κ1) is 13.1. The number of nitrogens with two attached hydrogens (primary N) is 1. The molecule has 0 bridgehead atoms. The third-order valence-corrected chi connectivity index (χ3v) is 2.60. The van der Waals surface area contributed by atoms with E-state index in [1.165, 1.54) is 6.20 Å². The summed E-state index contributed by atoms with van der Waals surface area (Å²) in [5.41, 5.74) is 4.88. The lowest BCUT2D eigenvalue weighted by Crippen LogP contribution is -1.99. The number of aromatic nitrogens is 2. The van der Waals surface area contributed by atoms with Gasteiger partial charge in [-0.1, -0.05) is 0 Å². The summed E-state index contributed by atoms with van der Waals surface area (Å²) in [5, 5.41) is 10.8. The average Bonchev–Trinajstić information content (AvgIpc) is 2.35. The first-order valence-electron chi connectivity index (χ1n) is 4.87. The van der Waals surface area contributed by atoms with Crippen LogP contribution in [0.4, 0.5) is 16.0 Å². The van der Waals surface area contributed by atoms with Crippen LogP contribution in [0.15, 0.2) is 28.9 Å². The predicted molar refractivity (Wildman–Crippen MR) is 67.3 cm³/mol. The van der Waals surface area contributed by atoms with Crippen molar-refractivity contribution in [1.82, 2.24) is 9.97 Å². The van der Waals surface area contributed by atoms with Crippen LogP contribution in [-0.2, 0) is 0 Å². The standard InChI is InChI=1S/C10H6BrFN4O3/c11-6-4-14-10(13)15-9(6)19-8-2-1-5(12)3-7(8)16(17)18/h1-4H,(H2,13,14,15). The normalized spacial score (nSPS) is 10.2. The van der Waals surface area contributed by atoms with Gasteiger partial charge in [-0.05, 0) is 28.1 Å². The van der Waals surface area contributed by atoms with E-state index in [2.05, 4.69) is 25.9 Å². The van der Waals surface area contributed by atoms with Gasteiger partial charge in [0.05, 0.1) is 21.7 Å². The van der Waals surface area contributed by atoms with Crippen LogP contribution in [-0.4, -0.2) is 14.9 Å². The highest BCUT2D eigenvalue weighted by Gasteiger charge is 2.18. The molecule has 2 aromatic rings. The molecule has 0 saturated carbocycles. The van der Waals surface area contributed by atoms with Gasteiger partial charge in [-0.15, -0.1) is 0 Å². The Hall–Kier alpha value is -2.29. The summed E-state index contributed by atoms with van der Waals surface area (Å²) in [6.45, 7) is 0. The van der Waals surface area contributed by atoms with Crippen molar-refractivity contribution in [3.63, 3.8) is 0 Å². The summed E-state index contributed by atoms with van der Waals surface area (Å²) in [4.78, 5) is 17.5. The van der Waals surface area contributed by atoms with Gasteiger partial charge in [-0.25, -0.2) is 9.37 Å². The smallest absolute Gasteiger partial charge is 0.314 e. The number of rotatable bonds is 3. The maximum Gasteiger partial charge on any atom is 0.314 e. The quantitative estimate of drug-likeness (QED) is 0.686. The summed E-state index contributed by atoms with van der Waals surface area (Å²) in [5.74, 6) is -0.935. The fourth-order valence-corrected chi connectivity index (χ4v) is 1.53. The minimum absolute atomic E-state index is 0.00204. The number of benzene rings is 1. The van der Waals surface area contributed by atoms with Crippen molar-refractivity contribution >= 4 is 27.6 Å². The molecule has 0 amide bonds. The second kappa shape index (κ2) is 5.14. The maximum atomic E-state index is 13.0. The van der Waals surface area contributed by atoms with Gasteiger partial charge < -0.3 is 10.5 Å². The number of nitro benzene ring substituents is 1. The van der Waals surface area contributed by atoms with Gasteiger partial charge in [0.1, 0.15) is 5.82 Å². The van der Waals surface area contributed by atoms with Crippen LogP contribution in [0.2, 0.25) is 0 Å². The molecule has 0 aliphatic rings. The van der Waals surface area contributed by atoms with Gasteiger partial charge in [0.15, 0.2) is 0 Å². The molecule has 1 aromatic carbocycles. The van der Waals surface area contributed by atoms with Gasteiger partial charge in [0.25, 0.3) is 0 Å². The SMILES string of the molecule is Nc1ncc(Br)c(Oc2ccc(F)cc2[N+](=O)[O-])n1. The van der Waals surface area contributed by atoms with Gasteiger partial charge in [0.2, 0.25) is 17.6 Å². The van der Waals surface area contributed by atoms with E-state index in [0.717, 1.165) is 18.2 Å². The maximum absolute atomic E-state index is 13.0. The molecular formula is C10H6BrFN4O3. The van der Waals surface area contributed by atoms with Crippen LogP contribution in [0.1, 0.15) is 0 Å². The molecule has 0 aliphatic heterocycles. The van der Waals surface area contributed by atoms with Crippen molar-refractivity contribution in [2.24, 2.45) is 0 Å². The highest BCUT2D eigenvalue weighted by atomic mass is 79.9. The van der Waals surface area contributed by atoms with Crippen LogP contribution in [0.3, 0.4) is 0 Å². The van der Waals surface area contributed by atoms with Gasteiger partial charge >= 0.3 is 5.69 Å². The number of hydrogen-bond acceptors (Lipinski definition) is 6. The van der Waals surface area contributed by atoms with E-state index >= 15 is 0 Å². The van der Waals surface area contributed by atoms with E-state index in [0.29, 0.717) is 4.47 Å². The molecular weight excluding hydrogens is 323 g/mol. The monoisotopic (exact) mass is 328 g/mol. The van der Waals surface area contributed by atoms with Gasteiger partial charge in [-0.3, -0.25) is 10.1 Å². The average molecular weight is 329 g/mol. The lowest BCUT2D eigenvalue weighted by atomic mass is 10.3. The molecule has 0 atom stereocenters. The van der Waals surface area contributed by atoms with Crippen LogP contribution >= 0.6 is 15.9 Å². The Labute approximate surface area is 114 Å². The lowest BCUT2D eigenvalue weighted by Gasteiger charge is -2.07. The fourth-order valence-electron chi connectivity index (χ4n) is 1.26. The highest BCUT2D eigenvalue weighted by molar-refractivity contribution is 9.10. The largest absolute Gasteiger partial charge is 0.430 e. The van der Waals surface area contributed by atoms with Gasteiger partial charge in [-0.2, -0.15) is 4.98 Å². The molecule has 1 aromatic heterocycles. The lowest BCUT2D eigenvalue weighted by molar-refractivity contribution is -0.385. The summed E-state index contributed by atoms with van der Waals surface area (Å²) < 4.78 is 18.6. The molecule has 0 fully saturated rings. The summed E-state index contributed by atoms with van der Waals surface area (Å²) in [6, 6.07) is 2.94. The fraction of sp³-hybridized carbons (Fsp3) is 0. The van der Waals surface area contributed by atoms with Crippen LogP contribution in [0, 0.1) is 15.9 Å². The van der Waals surface area contributed by atoms with Crippen molar-refractivity contribution in [2.75, 3.05) is 5.73 Å². The minimum atomic E-state index is -0.753. The summed E-state index contributed by atoms with van der Waals surface area (Å²) >= 11 is 3.11. The molecule has 0 aliphatic carbocycles. The molecule has 19 heavy (non-hydrogen) atoms. The third kappa shape index (κ3) is 2.94. The number of hydrogen-bond donors (Lipinski definition) is 1. The number of nitro groups is 1. The zero-order chi connectivity index (χ0) is 14.0. The summed E-state index contributed by atoms with van der Waals surface area (Å²) in [7, 11) is 0. The Kier molecular flexibility index (Phi) is 3.56.